The van der Waals surface area contributed by atoms with E-state index in [4.69, 9.17) is 0 Å². The highest BCUT2D eigenvalue weighted by Gasteiger charge is 2.34. The van der Waals surface area contributed by atoms with Crippen LogP contribution in [0.2, 0.25) is 0 Å². The van der Waals surface area contributed by atoms with Gasteiger partial charge in [-0.25, -0.2) is 0 Å². The summed E-state index contributed by atoms with van der Waals surface area (Å²) in [4.78, 5) is 15.0. The van der Waals surface area contributed by atoms with Gasteiger partial charge in [-0.1, -0.05) is 0 Å². The molecular formula is C16H24BrN3O. The predicted molar refractivity (Wildman–Crippen MR) is 87.6 cm³/mol. The molecule has 0 spiro atoms. The van der Waals surface area contributed by atoms with Crippen LogP contribution < -0.4 is 5.32 Å². The first-order valence-electron chi connectivity index (χ1n) is 7.94. The van der Waals surface area contributed by atoms with Crippen LogP contribution >= 0.6 is 15.9 Å². The maximum atomic E-state index is 12.4. The molecule has 2 aliphatic rings. The van der Waals surface area contributed by atoms with Crippen molar-refractivity contribution in [3.63, 3.8) is 0 Å². The Balaban J connectivity index is 1.54. The molecule has 1 amide bonds. The van der Waals surface area contributed by atoms with Gasteiger partial charge in [0.1, 0.15) is 5.69 Å². The van der Waals surface area contributed by atoms with Gasteiger partial charge in [0.2, 0.25) is 0 Å². The number of aromatic nitrogens is 1. The van der Waals surface area contributed by atoms with Crippen molar-refractivity contribution in [3.05, 3.63) is 22.4 Å². The van der Waals surface area contributed by atoms with E-state index < -0.39 is 0 Å². The number of carbonyl (C=O) groups is 1. The van der Waals surface area contributed by atoms with Crippen LogP contribution in [0.25, 0.3) is 0 Å². The summed E-state index contributed by atoms with van der Waals surface area (Å²) in [5.74, 6) is 0.653. The highest BCUT2D eigenvalue weighted by molar-refractivity contribution is 9.10. The summed E-state index contributed by atoms with van der Waals surface area (Å²) >= 11 is 3.46. The van der Waals surface area contributed by atoms with Crippen molar-refractivity contribution in [3.8, 4) is 0 Å². The first-order valence-corrected chi connectivity index (χ1v) is 8.73. The molecule has 0 aromatic carbocycles. The zero-order chi connectivity index (χ0) is 15.0. The van der Waals surface area contributed by atoms with Gasteiger partial charge in [-0.05, 0) is 67.6 Å². The molecule has 1 saturated heterocycles. The minimum Gasteiger partial charge on any atom is -0.350 e. The molecule has 5 heteroatoms. The molecule has 2 heterocycles. The molecule has 1 aliphatic heterocycles. The van der Waals surface area contributed by atoms with Crippen molar-refractivity contribution in [2.75, 3.05) is 19.6 Å². The molecule has 116 valence electrons. The van der Waals surface area contributed by atoms with Crippen LogP contribution in [0.15, 0.2) is 16.7 Å². The normalized spacial score (nSPS) is 23.0. The standard InChI is InChI=1S/C16H24BrN3O/c1-11(2)20-10-13(17)7-15(20)16(21)18-8-12-5-6-19(9-12)14-3-4-14/h7,10-12,14H,3-6,8-9H2,1-2H3,(H,18,21). The molecule has 21 heavy (non-hydrogen) atoms. The third kappa shape index (κ3) is 3.51. The molecule has 1 unspecified atom stereocenters. The van der Waals surface area contributed by atoms with Crippen molar-refractivity contribution >= 4 is 21.8 Å². The van der Waals surface area contributed by atoms with E-state index in [1.54, 1.807) is 0 Å². The summed E-state index contributed by atoms with van der Waals surface area (Å²) in [6, 6.07) is 3.04. The average Bonchev–Trinajstić information content (AvgIpc) is 3.05. The summed E-state index contributed by atoms with van der Waals surface area (Å²) in [6.07, 6.45) is 5.93. The number of rotatable bonds is 5. The molecule has 1 aromatic heterocycles. The van der Waals surface area contributed by atoms with Gasteiger partial charge >= 0.3 is 0 Å². The highest BCUT2D eigenvalue weighted by Crippen LogP contribution is 2.31. The van der Waals surface area contributed by atoms with E-state index in [0.717, 1.165) is 29.3 Å². The van der Waals surface area contributed by atoms with Crippen LogP contribution in [0.5, 0.6) is 0 Å². The number of hydrogen-bond acceptors (Lipinski definition) is 2. The van der Waals surface area contributed by atoms with E-state index >= 15 is 0 Å². The summed E-state index contributed by atoms with van der Waals surface area (Å²) < 4.78 is 2.98. The van der Waals surface area contributed by atoms with Crippen molar-refractivity contribution in [2.24, 2.45) is 5.92 Å². The lowest BCUT2D eigenvalue weighted by molar-refractivity contribution is 0.0936. The second-order valence-corrected chi connectivity index (χ2v) is 7.55. The fourth-order valence-corrected chi connectivity index (χ4v) is 3.62. The number of nitrogens with zero attached hydrogens (tertiary/aromatic N) is 2. The molecule has 2 fully saturated rings. The SMILES string of the molecule is CC(C)n1cc(Br)cc1C(=O)NCC1CCN(C2CC2)C1. The molecule has 1 aliphatic carbocycles. The van der Waals surface area contributed by atoms with Crippen LogP contribution in [0.3, 0.4) is 0 Å². The molecule has 1 aromatic rings. The summed E-state index contributed by atoms with van der Waals surface area (Å²) in [7, 11) is 0. The summed E-state index contributed by atoms with van der Waals surface area (Å²) in [6.45, 7) is 7.34. The molecule has 1 N–H and O–H groups in total. The molecule has 1 saturated carbocycles. The highest BCUT2D eigenvalue weighted by atomic mass is 79.9. The van der Waals surface area contributed by atoms with Crippen LogP contribution in [-0.4, -0.2) is 41.1 Å². The Morgan fingerprint density at radius 3 is 2.86 bits per heavy atom. The number of nitrogens with one attached hydrogen (secondary N) is 1. The van der Waals surface area contributed by atoms with E-state index in [1.165, 1.54) is 25.8 Å². The Labute approximate surface area is 135 Å². The van der Waals surface area contributed by atoms with Crippen molar-refractivity contribution < 1.29 is 4.79 Å². The van der Waals surface area contributed by atoms with Crippen molar-refractivity contribution in [1.82, 2.24) is 14.8 Å². The van der Waals surface area contributed by atoms with Gasteiger partial charge < -0.3 is 14.8 Å². The summed E-state index contributed by atoms with van der Waals surface area (Å²) in [5.41, 5.74) is 0.744. The van der Waals surface area contributed by atoms with Gasteiger partial charge in [-0.3, -0.25) is 4.79 Å². The predicted octanol–water partition coefficient (Wildman–Crippen LogP) is 3.05. The summed E-state index contributed by atoms with van der Waals surface area (Å²) in [5, 5.41) is 3.12. The van der Waals surface area contributed by atoms with Gasteiger partial charge in [0, 0.05) is 35.8 Å². The number of carbonyl (C=O) groups excluding carboxylic acids is 1. The van der Waals surface area contributed by atoms with Crippen molar-refractivity contribution in [1.29, 1.82) is 0 Å². The molecule has 3 rings (SSSR count). The molecule has 0 bridgehead atoms. The largest absolute Gasteiger partial charge is 0.350 e. The van der Waals surface area contributed by atoms with Crippen LogP contribution in [0.4, 0.5) is 0 Å². The van der Waals surface area contributed by atoms with Gasteiger partial charge in [-0.2, -0.15) is 0 Å². The quantitative estimate of drug-likeness (QED) is 0.883. The maximum Gasteiger partial charge on any atom is 0.267 e. The average molecular weight is 354 g/mol. The monoisotopic (exact) mass is 353 g/mol. The van der Waals surface area contributed by atoms with E-state index in [1.807, 2.05) is 16.8 Å². The van der Waals surface area contributed by atoms with E-state index in [9.17, 15) is 4.79 Å². The Morgan fingerprint density at radius 1 is 1.43 bits per heavy atom. The number of hydrogen-bond donors (Lipinski definition) is 1. The van der Waals surface area contributed by atoms with Gasteiger partial charge in [0.15, 0.2) is 0 Å². The van der Waals surface area contributed by atoms with Crippen LogP contribution in [-0.2, 0) is 0 Å². The zero-order valence-electron chi connectivity index (χ0n) is 12.8. The maximum absolute atomic E-state index is 12.4. The van der Waals surface area contributed by atoms with E-state index in [-0.39, 0.29) is 11.9 Å². The Bertz CT molecular complexity index is 522. The smallest absolute Gasteiger partial charge is 0.267 e. The van der Waals surface area contributed by atoms with Gasteiger partial charge in [0.25, 0.3) is 5.91 Å². The number of halogens is 1. The van der Waals surface area contributed by atoms with Gasteiger partial charge in [0.05, 0.1) is 0 Å². The lowest BCUT2D eigenvalue weighted by Crippen LogP contribution is -2.32. The lowest BCUT2D eigenvalue weighted by Gasteiger charge is -2.16. The first-order chi connectivity index (χ1) is 10.0. The van der Waals surface area contributed by atoms with E-state index in [2.05, 4.69) is 40.0 Å². The topological polar surface area (TPSA) is 37.3 Å². The second-order valence-electron chi connectivity index (χ2n) is 6.64. The van der Waals surface area contributed by atoms with Crippen LogP contribution in [0.1, 0.15) is 49.6 Å². The van der Waals surface area contributed by atoms with Crippen molar-refractivity contribution in [2.45, 2.75) is 45.2 Å². The van der Waals surface area contributed by atoms with Gasteiger partial charge in [-0.15, -0.1) is 0 Å². The van der Waals surface area contributed by atoms with Crippen LogP contribution in [0, 0.1) is 5.92 Å². The zero-order valence-corrected chi connectivity index (χ0v) is 14.4. The number of amides is 1. The van der Waals surface area contributed by atoms with E-state index in [0.29, 0.717) is 5.92 Å². The third-order valence-electron chi connectivity index (χ3n) is 4.54. The Morgan fingerprint density at radius 2 is 2.19 bits per heavy atom. The fourth-order valence-electron chi connectivity index (χ4n) is 3.18. The minimum atomic E-state index is 0.0410. The molecule has 1 atom stereocenters. The minimum absolute atomic E-state index is 0.0410. The molecule has 0 radical (unpaired) electrons. The molecule has 4 nitrogen and oxygen atoms in total. The first kappa shape index (κ1) is 15.1. The lowest BCUT2D eigenvalue weighted by atomic mass is 10.1. The Hall–Kier alpha value is -0.810. The fraction of sp³-hybridized carbons (Fsp3) is 0.688. The third-order valence-corrected chi connectivity index (χ3v) is 4.97. The molecular weight excluding hydrogens is 330 g/mol. The Kier molecular flexibility index (Phi) is 4.41. The number of likely N-dealkylation sites (tertiary alicyclic amines) is 1. The second kappa shape index (κ2) is 6.13.